The zero-order valence-electron chi connectivity index (χ0n) is 26.9. The summed E-state index contributed by atoms with van der Waals surface area (Å²) in [6, 6.07) is 13.1. The van der Waals surface area contributed by atoms with Crippen molar-refractivity contribution in [3.05, 3.63) is 68.4 Å². The fraction of sp³-hybridized carbons (Fsp3) is 0.556. The minimum absolute atomic E-state index is 0.315. The Labute approximate surface area is 277 Å². The van der Waals surface area contributed by atoms with Gasteiger partial charge in [0.1, 0.15) is 5.75 Å². The Morgan fingerprint density at radius 3 is 2.36 bits per heavy atom. The molecule has 1 saturated heterocycles. The Morgan fingerprint density at radius 2 is 1.64 bits per heavy atom. The number of aromatic nitrogens is 1. The lowest BCUT2D eigenvalue weighted by atomic mass is 9.78. The van der Waals surface area contributed by atoms with Crippen LogP contribution in [0.5, 0.6) is 5.75 Å². The number of fused-ring (bicyclic) bond motifs is 1. The lowest BCUT2D eigenvalue weighted by molar-refractivity contribution is -0.143. The van der Waals surface area contributed by atoms with Gasteiger partial charge in [-0.05, 0) is 68.4 Å². The van der Waals surface area contributed by atoms with Crippen LogP contribution < -0.4 is 15.2 Å². The van der Waals surface area contributed by atoms with Gasteiger partial charge in [0.25, 0.3) is 5.56 Å². The molecule has 246 valence electrons. The standard InChI is InChI=1S/C36H49Cl2N3O4/c1-3-4-5-6-7-8-9-10-18-36(2,35(43)44)29-25-27-16-17-28(26-31(27)39-34(29)42)45-24-12-11-19-40-20-22-41(23-21-40)32-15-13-14-30(37)33(32)38/h13-17,25-26H,3-12,18-24H2,1-2H3,(H,39,42)(H,43,44). The van der Waals surface area contributed by atoms with Crippen LogP contribution in [0, 0.1) is 0 Å². The lowest BCUT2D eigenvalue weighted by Crippen LogP contribution is -2.46. The molecule has 2 heterocycles. The Kier molecular flexibility index (Phi) is 13.5. The molecule has 0 amide bonds. The Morgan fingerprint density at radius 1 is 0.933 bits per heavy atom. The second-order valence-corrected chi connectivity index (χ2v) is 13.4. The van der Waals surface area contributed by atoms with E-state index in [2.05, 4.69) is 21.7 Å². The van der Waals surface area contributed by atoms with Gasteiger partial charge in [-0.15, -0.1) is 0 Å². The number of hydrogen-bond acceptors (Lipinski definition) is 5. The topological polar surface area (TPSA) is 85.9 Å². The van der Waals surface area contributed by atoms with E-state index in [0.29, 0.717) is 39.9 Å². The van der Waals surface area contributed by atoms with Crippen molar-refractivity contribution >= 4 is 45.8 Å². The SMILES string of the molecule is CCCCCCCCCCC(C)(C(=O)O)c1cc2ccc(OCCCCN3CCN(c4cccc(Cl)c4Cl)CC3)cc2[nH]c1=O. The van der Waals surface area contributed by atoms with E-state index in [1.54, 1.807) is 13.0 Å². The molecule has 2 aromatic carbocycles. The molecular weight excluding hydrogens is 609 g/mol. The summed E-state index contributed by atoms with van der Waals surface area (Å²) >= 11 is 12.6. The number of aliphatic carboxylic acids is 1. The number of pyridine rings is 1. The molecule has 1 unspecified atom stereocenters. The van der Waals surface area contributed by atoms with E-state index in [9.17, 15) is 14.7 Å². The number of nitrogens with one attached hydrogen (secondary N) is 1. The number of hydrogen-bond donors (Lipinski definition) is 2. The van der Waals surface area contributed by atoms with Crippen molar-refractivity contribution in [2.45, 2.75) is 89.9 Å². The molecule has 1 atom stereocenters. The number of unbranched alkanes of at least 4 members (excludes halogenated alkanes) is 8. The molecule has 0 spiro atoms. The van der Waals surface area contributed by atoms with Gasteiger partial charge in [-0.25, -0.2) is 0 Å². The van der Waals surface area contributed by atoms with Crippen molar-refractivity contribution in [3.8, 4) is 5.75 Å². The number of carboxylic acids is 1. The second kappa shape index (κ2) is 17.3. The fourth-order valence-corrected chi connectivity index (χ4v) is 6.64. The number of benzene rings is 2. The first kappa shape index (κ1) is 35.1. The number of nitrogens with zero attached hydrogens (tertiary/aromatic N) is 2. The summed E-state index contributed by atoms with van der Waals surface area (Å²) in [6.07, 6.45) is 11.5. The number of piperazine rings is 1. The molecule has 0 saturated carbocycles. The highest BCUT2D eigenvalue weighted by molar-refractivity contribution is 6.43. The third-order valence-electron chi connectivity index (χ3n) is 9.20. The predicted molar refractivity (Wildman–Crippen MR) is 187 cm³/mol. The predicted octanol–water partition coefficient (Wildman–Crippen LogP) is 8.69. The molecule has 1 aliphatic heterocycles. The van der Waals surface area contributed by atoms with Crippen molar-refractivity contribution in [3.63, 3.8) is 0 Å². The maximum Gasteiger partial charge on any atom is 0.314 e. The second-order valence-electron chi connectivity index (χ2n) is 12.6. The lowest BCUT2D eigenvalue weighted by Gasteiger charge is -2.36. The zero-order valence-corrected chi connectivity index (χ0v) is 28.4. The quantitative estimate of drug-likeness (QED) is 0.133. The first-order valence-corrected chi connectivity index (χ1v) is 17.4. The first-order valence-electron chi connectivity index (χ1n) is 16.7. The molecule has 1 aliphatic rings. The van der Waals surface area contributed by atoms with Crippen LogP contribution >= 0.6 is 23.2 Å². The molecule has 0 bridgehead atoms. The van der Waals surface area contributed by atoms with Crippen molar-refractivity contribution < 1.29 is 14.6 Å². The Bertz CT molecular complexity index is 1450. The van der Waals surface area contributed by atoms with Crippen LogP contribution in [-0.2, 0) is 10.2 Å². The molecule has 4 rings (SSSR count). The Hall–Kier alpha value is -2.74. The summed E-state index contributed by atoms with van der Waals surface area (Å²) in [7, 11) is 0. The summed E-state index contributed by atoms with van der Waals surface area (Å²) in [5.74, 6) is -0.263. The van der Waals surface area contributed by atoms with Crippen LogP contribution in [0.3, 0.4) is 0 Å². The van der Waals surface area contributed by atoms with Crippen LogP contribution in [0.15, 0.2) is 47.3 Å². The van der Waals surface area contributed by atoms with E-state index in [-0.39, 0.29) is 5.56 Å². The minimum atomic E-state index is -1.23. The third-order valence-corrected chi connectivity index (χ3v) is 10.0. The molecule has 3 aromatic rings. The van der Waals surface area contributed by atoms with Crippen molar-refractivity contribution in [2.75, 3.05) is 44.2 Å². The molecule has 7 nitrogen and oxygen atoms in total. The third kappa shape index (κ3) is 9.63. The molecule has 1 fully saturated rings. The number of H-pyrrole nitrogens is 1. The largest absolute Gasteiger partial charge is 0.494 e. The Balaban J connectivity index is 1.23. The van der Waals surface area contributed by atoms with Crippen LogP contribution in [0.4, 0.5) is 5.69 Å². The smallest absolute Gasteiger partial charge is 0.314 e. The number of rotatable bonds is 18. The van der Waals surface area contributed by atoms with Crippen molar-refractivity contribution in [2.24, 2.45) is 0 Å². The zero-order chi connectivity index (χ0) is 32.2. The number of anilines is 1. The highest BCUT2D eigenvalue weighted by Crippen LogP contribution is 2.33. The van der Waals surface area contributed by atoms with E-state index >= 15 is 0 Å². The summed E-state index contributed by atoms with van der Waals surface area (Å²) in [4.78, 5) is 33.2. The molecule has 45 heavy (non-hydrogen) atoms. The maximum atomic E-state index is 13.1. The molecule has 0 radical (unpaired) electrons. The van der Waals surface area contributed by atoms with Crippen molar-refractivity contribution in [1.82, 2.24) is 9.88 Å². The van der Waals surface area contributed by atoms with Gasteiger partial charge in [0.2, 0.25) is 0 Å². The van der Waals surface area contributed by atoms with Crippen LogP contribution in [-0.4, -0.2) is 60.3 Å². The van der Waals surface area contributed by atoms with E-state index in [4.69, 9.17) is 27.9 Å². The first-order chi connectivity index (χ1) is 21.7. The minimum Gasteiger partial charge on any atom is -0.494 e. The monoisotopic (exact) mass is 657 g/mol. The average Bonchev–Trinajstić information content (AvgIpc) is 3.03. The maximum absolute atomic E-state index is 13.1. The van der Waals surface area contributed by atoms with E-state index in [1.807, 2.05) is 36.4 Å². The van der Waals surface area contributed by atoms with Crippen LogP contribution in [0.25, 0.3) is 10.9 Å². The number of halogens is 2. The molecule has 1 aromatic heterocycles. The number of carbonyl (C=O) groups is 1. The molecule has 2 N–H and O–H groups in total. The summed E-state index contributed by atoms with van der Waals surface area (Å²) in [5, 5.41) is 12.2. The van der Waals surface area contributed by atoms with Gasteiger partial charge < -0.3 is 19.7 Å². The highest BCUT2D eigenvalue weighted by Gasteiger charge is 2.37. The summed E-state index contributed by atoms with van der Waals surface area (Å²) < 4.78 is 6.02. The fourth-order valence-electron chi connectivity index (χ4n) is 6.23. The van der Waals surface area contributed by atoms with E-state index < -0.39 is 11.4 Å². The van der Waals surface area contributed by atoms with Crippen molar-refractivity contribution in [1.29, 1.82) is 0 Å². The number of ether oxygens (including phenoxy) is 1. The van der Waals surface area contributed by atoms with Crippen LogP contribution in [0.1, 0.15) is 90.0 Å². The summed E-state index contributed by atoms with van der Waals surface area (Å²) in [6.45, 7) is 9.27. The van der Waals surface area contributed by atoms with Gasteiger partial charge in [0.15, 0.2) is 0 Å². The molecule has 0 aliphatic carbocycles. The van der Waals surface area contributed by atoms with Gasteiger partial charge in [-0.3, -0.25) is 14.5 Å². The van der Waals surface area contributed by atoms with Crippen LogP contribution in [0.2, 0.25) is 10.0 Å². The van der Waals surface area contributed by atoms with Gasteiger partial charge >= 0.3 is 5.97 Å². The van der Waals surface area contributed by atoms with E-state index in [0.717, 1.165) is 75.9 Å². The van der Waals surface area contributed by atoms with Gasteiger partial charge in [-0.1, -0.05) is 87.6 Å². The number of carboxylic acid groups (broad SMARTS) is 1. The van der Waals surface area contributed by atoms with Gasteiger partial charge in [-0.2, -0.15) is 0 Å². The highest BCUT2D eigenvalue weighted by atomic mass is 35.5. The molecular formula is C36H49Cl2N3O4. The summed E-state index contributed by atoms with van der Waals surface area (Å²) in [5.41, 5.74) is 0.393. The van der Waals surface area contributed by atoms with E-state index in [1.165, 1.54) is 32.1 Å². The van der Waals surface area contributed by atoms with Gasteiger partial charge in [0.05, 0.1) is 33.3 Å². The number of aromatic amines is 1. The average molecular weight is 659 g/mol. The molecule has 9 heteroatoms. The van der Waals surface area contributed by atoms with Gasteiger partial charge in [0, 0.05) is 37.8 Å². The normalized spacial score (nSPS) is 15.3.